The second-order valence-electron chi connectivity index (χ2n) is 17.4. The lowest BCUT2D eigenvalue weighted by molar-refractivity contribution is 0.154. The van der Waals surface area contributed by atoms with Crippen LogP contribution in [0.2, 0.25) is 10.1 Å². The van der Waals surface area contributed by atoms with Crippen molar-refractivity contribution in [1.82, 2.24) is 4.98 Å². The zero-order chi connectivity index (χ0) is 39.8. The summed E-state index contributed by atoms with van der Waals surface area (Å²) in [7, 11) is -5.58. The molecule has 0 unspecified atom stereocenters. The van der Waals surface area contributed by atoms with Crippen molar-refractivity contribution in [2.75, 3.05) is 24.7 Å². The standard InChI is InChI=1S/C48H60N2O4Si2/c1-47(2,3)55(41-25-11-7-12-26-41,42-27-13-8-14-28-42)53-36-38(22-19-20-24-40-34-33-39-23-21-35-50(46(51)52)45(39)49-40)37-54-56(48(4,5)6,43-29-15-9-16-30-43)44-31-17-10-18-32-44/h7-18,25-34,38H,19-24,35-37H2,1-6H3,(H,51,52). The molecular weight excluding hydrogens is 725 g/mol. The molecule has 1 aliphatic heterocycles. The van der Waals surface area contributed by atoms with Crippen molar-refractivity contribution in [2.24, 2.45) is 5.92 Å². The topological polar surface area (TPSA) is 71.9 Å². The Morgan fingerprint density at radius 1 is 0.661 bits per heavy atom. The van der Waals surface area contributed by atoms with Gasteiger partial charge in [-0.1, -0.05) is 175 Å². The van der Waals surface area contributed by atoms with Crippen molar-refractivity contribution >= 4 is 49.3 Å². The van der Waals surface area contributed by atoms with Gasteiger partial charge in [-0.2, -0.15) is 0 Å². The molecule has 1 aromatic heterocycles. The van der Waals surface area contributed by atoms with Crippen LogP contribution in [-0.2, 0) is 21.7 Å². The van der Waals surface area contributed by atoms with Gasteiger partial charge in [0.25, 0.3) is 16.6 Å². The summed E-state index contributed by atoms with van der Waals surface area (Å²) in [6.45, 7) is 15.7. The summed E-state index contributed by atoms with van der Waals surface area (Å²) in [6.07, 6.45) is 4.40. The number of hydrogen-bond donors (Lipinski definition) is 1. The highest BCUT2D eigenvalue weighted by atomic mass is 28.4. The number of carbonyl (C=O) groups is 1. The highest BCUT2D eigenvalue weighted by Crippen LogP contribution is 2.39. The third-order valence-electron chi connectivity index (χ3n) is 11.5. The number of aromatic nitrogens is 1. The number of fused-ring (bicyclic) bond motifs is 1. The fourth-order valence-corrected chi connectivity index (χ4v) is 18.0. The van der Waals surface area contributed by atoms with Gasteiger partial charge in [-0.15, -0.1) is 0 Å². The molecular formula is C48H60N2O4Si2. The molecule has 0 fully saturated rings. The third-order valence-corrected chi connectivity index (χ3v) is 21.5. The van der Waals surface area contributed by atoms with Crippen LogP contribution in [0.3, 0.4) is 0 Å². The summed E-state index contributed by atoms with van der Waals surface area (Å²) in [4.78, 5) is 18.3. The number of benzene rings is 4. The van der Waals surface area contributed by atoms with Gasteiger partial charge < -0.3 is 14.0 Å². The van der Waals surface area contributed by atoms with E-state index in [1.807, 2.05) is 0 Å². The summed E-state index contributed by atoms with van der Waals surface area (Å²) in [6, 6.07) is 47.7. The average molecular weight is 785 g/mol. The van der Waals surface area contributed by atoms with Gasteiger partial charge in [0, 0.05) is 31.4 Å². The first-order valence-corrected chi connectivity index (χ1v) is 24.2. The molecule has 0 atom stereocenters. The van der Waals surface area contributed by atoms with Gasteiger partial charge in [-0.05, 0) is 74.6 Å². The van der Waals surface area contributed by atoms with E-state index in [1.54, 1.807) is 0 Å². The molecule has 6 rings (SSSR count). The van der Waals surface area contributed by atoms with Crippen molar-refractivity contribution in [3.8, 4) is 0 Å². The molecule has 294 valence electrons. The summed E-state index contributed by atoms with van der Waals surface area (Å²) in [5.74, 6) is 0.744. The Bertz CT molecular complexity index is 1810. The number of amides is 1. The van der Waals surface area contributed by atoms with Crippen molar-refractivity contribution in [3.05, 3.63) is 145 Å². The largest absolute Gasteiger partial charge is 0.465 e. The number of rotatable bonds is 15. The van der Waals surface area contributed by atoms with E-state index >= 15 is 0 Å². The molecule has 8 heteroatoms. The fraction of sp³-hybridized carbons (Fsp3) is 0.375. The van der Waals surface area contributed by atoms with E-state index in [-0.39, 0.29) is 16.0 Å². The zero-order valence-corrected chi connectivity index (χ0v) is 36.2. The molecule has 0 saturated carbocycles. The highest BCUT2D eigenvalue weighted by Gasteiger charge is 2.52. The van der Waals surface area contributed by atoms with Crippen LogP contribution >= 0.6 is 0 Å². The van der Waals surface area contributed by atoms with E-state index in [1.165, 1.54) is 25.6 Å². The lowest BCUT2D eigenvalue weighted by Crippen LogP contribution is -2.67. The maximum atomic E-state index is 12.0. The van der Waals surface area contributed by atoms with Crippen LogP contribution in [0.5, 0.6) is 0 Å². The summed E-state index contributed by atoms with van der Waals surface area (Å²) >= 11 is 0. The lowest BCUT2D eigenvalue weighted by Gasteiger charge is -2.45. The molecule has 0 spiro atoms. The lowest BCUT2D eigenvalue weighted by atomic mass is 10.0. The molecule has 1 aliphatic rings. The van der Waals surface area contributed by atoms with Crippen LogP contribution in [0.15, 0.2) is 133 Å². The fourth-order valence-electron chi connectivity index (χ4n) is 8.77. The van der Waals surface area contributed by atoms with E-state index in [0.29, 0.717) is 25.6 Å². The summed E-state index contributed by atoms with van der Waals surface area (Å²) < 4.78 is 15.2. The number of unbranched alkanes of at least 4 members (excludes halogenated alkanes) is 1. The zero-order valence-electron chi connectivity index (χ0n) is 34.2. The minimum atomic E-state index is -2.79. The van der Waals surface area contributed by atoms with Crippen LogP contribution in [0, 0.1) is 5.92 Å². The van der Waals surface area contributed by atoms with Gasteiger partial charge in [-0.3, -0.25) is 4.90 Å². The smallest absolute Gasteiger partial charge is 0.413 e. The molecule has 0 aliphatic carbocycles. The first kappa shape index (κ1) is 41.3. The Labute approximate surface area is 337 Å². The summed E-state index contributed by atoms with van der Waals surface area (Å²) in [5.41, 5.74) is 1.96. The number of anilines is 1. The van der Waals surface area contributed by atoms with E-state index < -0.39 is 22.7 Å². The molecule has 2 heterocycles. The van der Waals surface area contributed by atoms with Crippen LogP contribution in [-0.4, -0.2) is 52.6 Å². The predicted octanol–water partition coefficient (Wildman–Crippen LogP) is 8.99. The highest BCUT2D eigenvalue weighted by molar-refractivity contribution is 7.00. The van der Waals surface area contributed by atoms with Gasteiger partial charge in [0.05, 0.1) is 0 Å². The summed E-state index contributed by atoms with van der Waals surface area (Å²) in [5, 5.41) is 14.7. The SMILES string of the molecule is CC(C)(C)[Si](OCC(CCCCc1ccc2c(n1)N(C(=O)O)CCC2)CO[Si](c1ccccc1)(c1ccccc1)C(C)(C)C)(c1ccccc1)c1ccccc1. The Morgan fingerprint density at radius 2 is 1.09 bits per heavy atom. The molecule has 6 nitrogen and oxygen atoms in total. The van der Waals surface area contributed by atoms with Gasteiger partial charge in [0.2, 0.25) is 0 Å². The molecule has 0 saturated heterocycles. The predicted molar refractivity (Wildman–Crippen MR) is 236 cm³/mol. The Morgan fingerprint density at radius 3 is 1.48 bits per heavy atom. The Kier molecular flexibility index (Phi) is 13.2. The third kappa shape index (κ3) is 8.79. The van der Waals surface area contributed by atoms with Crippen LogP contribution < -0.4 is 25.6 Å². The van der Waals surface area contributed by atoms with Crippen molar-refractivity contribution in [3.63, 3.8) is 0 Å². The maximum absolute atomic E-state index is 12.0. The Balaban J connectivity index is 1.32. The van der Waals surface area contributed by atoms with E-state index in [2.05, 4.69) is 175 Å². The first-order chi connectivity index (χ1) is 26.9. The van der Waals surface area contributed by atoms with E-state index in [4.69, 9.17) is 13.8 Å². The second kappa shape index (κ2) is 17.8. The number of nitrogens with zero attached hydrogens (tertiary/aromatic N) is 2. The molecule has 0 radical (unpaired) electrons. The van der Waals surface area contributed by atoms with Gasteiger partial charge >= 0.3 is 6.09 Å². The average Bonchev–Trinajstić information content (AvgIpc) is 3.20. The number of pyridine rings is 1. The van der Waals surface area contributed by atoms with Gasteiger partial charge in [0.1, 0.15) is 5.82 Å². The molecule has 0 bridgehead atoms. The number of aryl methyl sites for hydroxylation is 2. The van der Waals surface area contributed by atoms with Gasteiger partial charge in [0.15, 0.2) is 0 Å². The van der Waals surface area contributed by atoms with Gasteiger partial charge in [-0.25, -0.2) is 9.78 Å². The molecule has 1 amide bonds. The molecule has 1 N–H and O–H groups in total. The quantitative estimate of drug-likeness (QED) is 0.0848. The van der Waals surface area contributed by atoms with Crippen molar-refractivity contribution in [1.29, 1.82) is 0 Å². The van der Waals surface area contributed by atoms with Crippen LogP contribution in [0.4, 0.5) is 10.6 Å². The van der Waals surface area contributed by atoms with E-state index in [0.717, 1.165) is 49.8 Å². The van der Waals surface area contributed by atoms with E-state index in [9.17, 15) is 9.90 Å². The van der Waals surface area contributed by atoms with Crippen LogP contribution in [0.25, 0.3) is 0 Å². The van der Waals surface area contributed by atoms with Crippen molar-refractivity contribution < 1.29 is 18.8 Å². The normalized spacial score (nSPS) is 13.8. The second-order valence-corrected chi connectivity index (χ2v) is 26.0. The number of carboxylic acid groups (broad SMARTS) is 1. The minimum Gasteiger partial charge on any atom is -0.465 e. The molecule has 5 aromatic rings. The minimum absolute atomic E-state index is 0.136. The van der Waals surface area contributed by atoms with Crippen molar-refractivity contribution in [2.45, 2.75) is 90.1 Å². The first-order valence-electron chi connectivity index (χ1n) is 20.4. The molecule has 4 aromatic carbocycles. The number of hydrogen-bond acceptors (Lipinski definition) is 4. The maximum Gasteiger partial charge on any atom is 0.413 e. The monoisotopic (exact) mass is 784 g/mol. The van der Waals surface area contributed by atoms with Crippen LogP contribution in [0.1, 0.15) is 78.5 Å². The Hall–Kier alpha value is -4.35. The molecule has 56 heavy (non-hydrogen) atoms.